The minimum Gasteiger partial charge on any atom is -0.495 e. The van der Waals surface area contributed by atoms with Gasteiger partial charge in [-0.3, -0.25) is 4.79 Å². The topological polar surface area (TPSA) is 76.2 Å². The molecule has 3 rings (SSSR count). The van der Waals surface area contributed by atoms with Gasteiger partial charge in [0, 0.05) is 26.2 Å². The molecule has 0 spiro atoms. The van der Waals surface area contributed by atoms with Crippen LogP contribution in [0.25, 0.3) is 0 Å². The molecule has 1 aliphatic rings. The monoisotopic (exact) mass is 432 g/mol. The van der Waals surface area contributed by atoms with Gasteiger partial charge in [-0.1, -0.05) is 18.2 Å². The predicted molar refractivity (Wildman–Crippen MR) is 114 cm³/mol. The van der Waals surface area contributed by atoms with Gasteiger partial charge in [-0.2, -0.15) is 4.31 Å². The van der Waals surface area contributed by atoms with Crippen molar-refractivity contribution in [3.05, 3.63) is 53.6 Å². The van der Waals surface area contributed by atoms with E-state index in [4.69, 9.17) is 9.47 Å². The summed E-state index contributed by atoms with van der Waals surface area (Å²) >= 11 is 0. The van der Waals surface area contributed by atoms with Crippen LogP contribution in [-0.2, 0) is 14.8 Å². The molecule has 0 aromatic heterocycles. The van der Waals surface area contributed by atoms with Gasteiger partial charge in [-0.25, -0.2) is 8.42 Å². The van der Waals surface area contributed by atoms with E-state index in [2.05, 4.69) is 0 Å². The summed E-state index contributed by atoms with van der Waals surface area (Å²) < 4.78 is 38.6. The molecule has 2 aromatic rings. The second-order valence-corrected chi connectivity index (χ2v) is 9.19. The number of rotatable bonds is 7. The quantitative estimate of drug-likeness (QED) is 0.672. The van der Waals surface area contributed by atoms with E-state index in [-0.39, 0.29) is 30.3 Å². The van der Waals surface area contributed by atoms with Crippen LogP contribution in [0.2, 0.25) is 0 Å². The Balaban J connectivity index is 1.58. The van der Waals surface area contributed by atoms with E-state index in [0.29, 0.717) is 25.4 Å². The van der Waals surface area contributed by atoms with Crippen molar-refractivity contribution >= 4 is 15.9 Å². The smallest absolute Gasteiger partial charge is 0.246 e. The Morgan fingerprint density at radius 1 is 1.00 bits per heavy atom. The van der Waals surface area contributed by atoms with Gasteiger partial charge in [-0.15, -0.1) is 0 Å². The van der Waals surface area contributed by atoms with E-state index >= 15 is 0 Å². The second kappa shape index (κ2) is 9.49. The largest absolute Gasteiger partial charge is 0.495 e. The Bertz CT molecular complexity index is 984. The van der Waals surface area contributed by atoms with Crippen molar-refractivity contribution in [1.82, 2.24) is 9.21 Å². The van der Waals surface area contributed by atoms with Crippen LogP contribution >= 0.6 is 0 Å². The number of carbonyl (C=O) groups is 1. The fourth-order valence-corrected chi connectivity index (χ4v) is 5.02. The van der Waals surface area contributed by atoms with Crippen molar-refractivity contribution in [2.75, 3.05) is 39.9 Å². The van der Waals surface area contributed by atoms with Gasteiger partial charge in [0.15, 0.2) is 0 Å². The summed E-state index contributed by atoms with van der Waals surface area (Å²) in [5, 5.41) is 0. The Morgan fingerprint density at radius 2 is 1.63 bits per heavy atom. The Kier molecular flexibility index (Phi) is 6.99. The average Bonchev–Trinajstić information content (AvgIpc) is 2.76. The molecule has 0 aliphatic carbocycles. The number of hydrogen-bond donors (Lipinski definition) is 0. The highest BCUT2D eigenvalue weighted by atomic mass is 32.2. The van der Waals surface area contributed by atoms with Gasteiger partial charge in [0.25, 0.3) is 0 Å². The molecule has 0 radical (unpaired) electrons. The maximum absolute atomic E-state index is 13.2. The number of carbonyl (C=O) groups excluding carboxylic acids is 1. The number of sulfonamides is 1. The van der Waals surface area contributed by atoms with E-state index in [1.165, 1.54) is 11.4 Å². The van der Waals surface area contributed by atoms with Crippen LogP contribution in [0.3, 0.4) is 0 Å². The summed E-state index contributed by atoms with van der Waals surface area (Å²) in [5.74, 6) is 1.03. The number of nitrogens with zero attached hydrogens (tertiary/aromatic N) is 2. The maximum Gasteiger partial charge on any atom is 0.246 e. The lowest BCUT2D eigenvalue weighted by Crippen LogP contribution is -2.50. The number of benzene rings is 2. The van der Waals surface area contributed by atoms with Crippen molar-refractivity contribution in [3.8, 4) is 11.5 Å². The van der Waals surface area contributed by atoms with E-state index in [1.54, 1.807) is 17.0 Å². The fourth-order valence-electron chi connectivity index (χ4n) is 3.37. The molecule has 1 aliphatic heterocycles. The number of methoxy groups -OCH3 is 1. The molecule has 1 fully saturated rings. The Morgan fingerprint density at radius 3 is 2.27 bits per heavy atom. The first-order valence-electron chi connectivity index (χ1n) is 9.94. The highest BCUT2D eigenvalue weighted by molar-refractivity contribution is 7.89. The molecule has 0 N–H and O–H groups in total. The van der Waals surface area contributed by atoms with Gasteiger partial charge in [0.1, 0.15) is 16.4 Å². The molecule has 1 heterocycles. The molecule has 0 unspecified atom stereocenters. The molecular formula is C22H28N2O5S. The molecule has 1 saturated heterocycles. The first kappa shape index (κ1) is 22.1. The zero-order chi connectivity index (χ0) is 21.7. The Hall–Kier alpha value is -2.58. The highest BCUT2D eigenvalue weighted by Gasteiger charge is 2.32. The summed E-state index contributed by atoms with van der Waals surface area (Å²) in [6.07, 6.45) is 0.257. The van der Waals surface area contributed by atoms with Crippen molar-refractivity contribution in [1.29, 1.82) is 0 Å². The molecule has 0 atom stereocenters. The van der Waals surface area contributed by atoms with Crippen LogP contribution in [0.15, 0.2) is 47.4 Å². The summed E-state index contributed by atoms with van der Waals surface area (Å²) in [5.41, 5.74) is 1.86. The van der Waals surface area contributed by atoms with E-state index < -0.39 is 10.0 Å². The van der Waals surface area contributed by atoms with Crippen molar-refractivity contribution in [3.63, 3.8) is 0 Å². The highest BCUT2D eigenvalue weighted by Crippen LogP contribution is 2.30. The minimum atomic E-state index is -3.70. The first-order chi connectivity index (χ1) is 14.3. The predicted octanol–water partition coefficient (Wildman–Crippen LogP) is 2.61. The van der Waals surface area contributed by atoms with Crippen LogP contribution in [0.4, 0.5) is 0 Å². The van der Waals surface area contributed by atoms with E-state index in [1.807, 2.05) is 44.2 Å². The van der Waals surface area contributed by atoms with Crippen molar-refractivity contribution in [2.45, 2.75) is 25.2 Å². The molecule has 0 saturated carbocycles. The normalized spacial score (nSPS) is 15.1. The molecule has 7 nitrogen and oxygen atoms in total. The van der Waals surface area contributed by atoms with Gasteiger partial charge in [0.05, 0.1) is 20.1 Å². The number of aryl methyl sites for hydroxylation is 2. The second-order valence-electron chi connectivity index (χ2n) is 7.28. The van der Waals surface area contributed by atoms with E-state index in [9.17, 15) is 13.2 Å². The average molecular weight is 433 g/mol. The summed E-state index contributed by atoms with van der Waals surface area (Å²) in [6, 6.07) is 12.7. The van der Waals surface area contributed by atoms with Crippen LogP contribution in [0, 0.1) is 13.8 Å². The molecule has 30 heavy (non-hydrogen) atoms. The number of hydrogen-bond acceptors (Lipinski definition) is 5. The van der Waals surface area contributed by atoms with Crippen LogP contribution < -0.4 is 9.47 Å². The number of piperazine rings is 1. The lowest BCUT2D eigenvalue weighted by Gasteiger charge is -2.34. The zero-order valence-corrected chi connectivity index (χ0v) is 18.4. The lowest BCUT2D eigenvalue weighted by atomic mass is 10.1. The third-order valence-electron chi connectivity index (χ3n) is 5.32. The summed E-state index contributed by atoms with van der Waals surface area (Å²) in [6.45, 7) is 5.31. The molecule has 1 amide bonds. The molecular weight excluding hydrogens is 404 g/mol. The van der Waals surface area contributed by atoms with Gasteiger partial charge >= 0.3 is 0 Å². The third-order valence-corrected chi connectivity index (χ3v) is 7.24. The summed E-state index contributed by atoms with van der Waals surface area (Å²) in [7, 11) is -2.23. The maximum atomic E-state index is 13.2. The molecule has 0 bridgehead atoms. The standard InChI is InChI=1S/C22H28N2O5S/c1-17-15-20(28-3)21(16-18(17)2)30(26,27)24-12-10-23(11-13-24)22(25)9-14-29-19-7-5-4-6-8-19/h4-8,15-16H,9-14H2,1-3H3. The fraction of sp³-hybridized carbons (Fsp3) is 0.409. The first-order valence-corrected chi connectivity index (χ1v) is 11.4. The SMILES string of the molecule is COc1cc(C)c(C)cc1S(=O)(=O)N1CCN(C(=O)CCOc2ccccc2)CC1. The minimum absolute atomic E-state index is 0.0354. The number of amides is 1. The molecule has 8 heteroatoms. The van der Waals surface area contributed by atoms with Crippen LogP contribution in [0.1, 0.15) is 17.5 Å². The number of ether oxygens (including phenoxy) is 2. The van der Waals surface area contributed by atoms with Gasteiger partial charge in [0.2, 0.25) is 15.9 Å². The molecule has 162 valence electrons. The van der Waals surface area contributed by atoms with Gasteiger partial charge in [-0.05, 0) is 49.2 Å². The van der Waals surface area contributed by atoms with Gasteiger partial charge < -0.3 is 14.4 Å². The van der Waals surface area contributed by atoms with Crippen molar-refractivity contribution < 1.29 is 22.7 Å². The molecule has 2 aromatic carbocycles. The van der Waals surface area contributed by atoms with E-state index in [0.717, 1.165) is 16.9 Å². The summed E-state index contributed by atoms with van der Waals surface area (Å²) in [4.78, 5) is 14.3. The van der Waals surface area contributed by atoms with Crippen LogP contribution in [-0.4, -0.2) is 63.4 Å². The Labute approximate surface area is 178 Å². The lowest BCUT2D eigenvalue weighted by molar-refractivity contribution is -0.132. The number of para-hydroxylation sites is 1. The van der Waals surface area contributed by atoms with Crippen molar-refractivity contribution in [2.24, 2.45) is 0 Å². The zero-order valence-electron chi connectivity index (χ0n) is 17.6. The third kappa shape index (κ3) is 4.94. The van der Waals surface area contributed by atoms with Crippen LogP contribution in [0.5, 0.6) is 11.5 Å².